The second-order valence-electron chi connectivity index (χ2n) is 6.97. The predicted molar refractivity (Wildman–Crippen MR) is 111 cm³/mol. The standard InChI is InChI=1S/C21H23FN4O2S/c1-13-3-5-16(6-4-13)20-24-25-21(29)26(20)12-11-18(27)23-14(2)19(28)15-7-9-17(22)10-8-15/h3-10,14,19,28H,11-12H2,1-2H3,(H,23,27)(H,25,29)/t14-,19-/m0/s1. The summed E-state index contributed by atoms with van der Waals surface area (Å²) < 4.78 is 15.3. The number of amides is 1. The second-order valence-corrected chi connectivity index (χ2v) is 7.36. The minimum atomic E-state index is -0.932. The van der Waals surface area contributed by atoms with E-state index in [1.165, 1.54) is 24.3 Å². The van der Waals surface area contributed by atoms with Crippen LogP contribution in [0.1, 0.15) is 30.6 Å². The zero-order chi connectivity index (χ0) is 21.0. The number of nitrogens with one attached hydrogen (secondary N) is 2. The van der Waals surface area contributed by atoms with Crippen LogP contribution in [0.3, 0.4) is 0 Å². The number of halogens is 1. The SMILES string of the molecule is Cc1ccc(-c2n[nH]c(=S)n2CCC(=O)N[C@@H](C)[C@H](O)c2ccc(F)cc2)cc1. The number of nitrogens with zero attached hydrogens (tertiary/aromatic N) is 2. The van der Waals surface area contributed by atoms with E-state index in [9.17, 15) is 14.3 Å². The number of aryl methyl sites for hydroxylation is 1. The molecule has 0 radical (unpaired) electrons. The maximum atomic E-state index is 13.0. The Morgan fingerprint density at radius 1 is 1.24 bits per heavy atom. The van der Waals surface area contributed by atoms with Gasteiger partial charge in [-0.15, -0.1) is 0 Å². The highest BCUT2D eigenvalue weighted by molar-refractivity contribution is 7.71. The third kappa shape index (κ3) is 5.16. The molecule has 1 heterocycles. The molecule has 0 aliphatic rings. The Morgan fingerprint density at radius 3 is 2.55 bits per heavy atom. The van der Waals surface area contributed by atoms with Crippen molar-refractivity contribution in [1.82, 2.24) is 20.1 Å². The number of aliphatic hydroxyl groups is 1. The average molecular weight is 415 g/mol. The van der Waals surface area contributed by atoms with Gasteiger partial charge in [0.1, 0.15) is 5.82 Å². The van der Waals surface area contributed by atoms with E-state index in [1.807, 2.05) is 31.2 Å². The van der Waals surface area contributed by atoms with Crippen LogP contribution in [-0.2, 0) is 11.3 Å². The molecule has 0 unspecified atom stereocenters. The van der Waals surface area contributed by atoms with E-state index in [0.717, 1.165) is 11.1 Å². The molecule has 3 rings (SSSR count). The zero-order valence-electron chi connectivity index (χ0n) is 16.2. The first-order chi connectivity index (χ1) is 13.8. The van der Waals surface area contributed by atoms with Gasteiger partial charge < -0.3 is 10.4 Å². The first kappa shape index (κ1) is 20.9. The summed E-state index contributed by atoms with van der Waals surface area (Å²) in [5, 5.41) is 20.2. The van der Waals surface area contributed by atoms with Gasteiger partial charge in [-0.3, -0.25) is 14.5 Å². The monoisotopic (exact) mass is 414 g/mol. The van der Waals surface area contributed by atoms with Gasteiger partial charge >= 0.3 is 0 Å². The lowest BCUT2D eigenvalue weighted by molar-refractivity contribution is -0.122. The molecule has 0 bridgehead atoms. The lowest BCUT2D eigenvalue weighted by Gasteiger charge is -2.20. The summed E-state index contributed by atoms with van der Waals surface area (Å²) in [4.78, 5) is 12.4. The van der Waals surface area contributed by atoms with E-state index >= 15 is 0 Å². The molecule has 3 N–H and O–H groups in total. The molecular formula is C21H23FN4O2S. The van der Waals surface area contributed by atoms with Crippen molar-refractivity contribution in [3.05, 3.63) is 70.2 Å². The fraction of sp³-hybridized carbons (Fsp3) is 0.286. The van der Waals surface area contributed by atoms with Crippen LogP contribution in [0, 0.1) is 17.5 Å². The van der Waals surface area contributed by atoms with E-state index < -0.39 is 12.1 Å². The summed E-state index contributed by atoms with van der Waals surface area (Å²) in [6, 6.07) is 12.9. The molecule has 6 nitrogen and oxygen atoms in total. The predicted octanol–water partition coefficient (Wildman–Crippen LogP) is 3.68. The van der Waals surface area contributed by atoms with Gasteiger partial charge in [-0.1, -0.05) is 42.0 Å². The number of aromatic amines is 1. The van der Waals surface area contributed by atoms with Crippen LogP contribution in [0.2, 0.25) is 0 Å². The molecule has 8 heteroatoms. The molecule has 1 amide bonds. The van der Waals surface area contributed by atoms with Gasteiger partial charge in [-0.25, -0.2) is 4.39 Å². The molecule has 0 spiro atoms. The topological polar surface area (TPSA) is 82.9 Å². The molecule has 0 aliphatic heterocycles. The lowest BCUT2D eigenvalue weighted by Crippen LogP contribution is -2.37. The number of carbonyl (C=O) groups is 1. The number of hydrogen-bond acceptors (Lipinski definition) is 4. The van der Waals surface area contributed by atoms with Crippen LogP contribution in [0.4, 0.5) is 4.39 Å². The van der Waals surface area contributed by atoms with Gasteiger partial charge in [0.2, 0.25) is 5.91 Å². The van der Waals surface area contributed by atoms with Crippen molar-refractivity contribution in [2.24, 2.45) is 0 Å². The maximum Gasteiger partial charge on any atom is 0.222 e. The molecule has 0 saturated heterocycles. The highest BCUT2D eigenvalue weighted by atomic mass is 32.1. The van der Waals surface area contributed by atoms with Gasteiger partial charge in [-0.2, -0.15) is 5.10 Å². The highest BCUT2D eigenvalue weighted by Crippen LogP contribution is 2.19. The highest BCUT2D eigenvalue weighted by Gasteiger charge is 2.19. The molecule has 2 atom stereocenters. The summed E-state index contributed by atoms with van der Waals surface area (Å²) >= 11 is 5.30. The number of benzene rings is 2. The van der Waals surface area contributed by atoms with E-state index in [1.54, 1.807) is 11.5 Å². The molecular weight excluding hydrogens is 391 g/mol. The van der Waals surface area contributed by atoms with Crippen molar-refractivity contribution in [1.29, 1.82) is 0 Å². The summed E-state index contributed by atoms with van der Waals surface area (Å²) in [6.07, 6.45) is -0.758. The van der Waals surface area contributed by atoms with Crippen molar-refractivity contribution < 1.29 is 14.3 Å². The summed E-state index contributed by atoms with van der Waals surface area (Å²) in [5.74, 6) is 0.0673. The van der Waals surface area contributed by atoms with Gasteiger partial charge in [0, 0.05) is 18.5 Å². The van der Waals surface area contributed by atoms with Crippen LogP contribution in [0.25, 0.3) is 11.4 Å². The van der Waals surface area contributed by atoms with Crippen LogP contribution < -0.4 is 5.32 Å². The van der Waals surface area contributed by atoms with Crippen LogP contribution in [-0.4, -0.2) is 31.8 Å². The van der Waals surface area contributed by atoms with Crippen molar-refractivity contribution in [2.45, 2.75) is 39.0 Å². The molecule has 152 valence electrons. The third-order valence-corrected chi connectivity index (χ3v) is 5.02. The molecule has 29 heavy (non-hydrogen) atoms. The third-order valence-electron chi connectivity index (χ3n) is 4.70. The zero-order valence-corrected chi connectivity index (χ0v) is 17.0. The Bertz CT molecular complexity index is 1030. The minimum Gasteiger partial charge on any atom is -0.386 e. The Hall–Kier alpha value is -2.84. The fourth-order valence-corrected chi connectivity index (χ4v) is 3.24. The quantitative estimate of drug-likeness (QED) is 0.515. The number of H-pyrrole nitrogens is 1. The van der Waals surface area contributed by atoms with Crippen molar-refractivity contribution >= 4 is 18.1 Å². The van der Waals surface area contributed by atoms with E-state index in [0.29, 0.717) is 22.7 Å². The van der Waals surface area contributed by atoms with Crippen molar-refractivity contribution in [2.75, 3.05) is 0 Å². The van der Waals surface area contributed by atoms with Gasteiger partial charge in [-0.05, 0) is 43.8 Å². The number of carbonyl (C=O) groups excluding carboxylic acids is 1. The van der Waals surface area contributed by atoms with Gasteiger partial charge in [0.25, 0.3) is 0 Å². The summed E-state index contributed by atoms with van der Waals surface area (Å²) in [6.45, 7) is 4.06. The number of hydrogen-bond donors (Lipinski definition) is 3. The van der Waals surface area contributed by atoms with E-state index in [4.69, 9.17) is 12.2 Å². The van der Waals surface area contributed by atoms with Gasteiger partial charge in [0.15, 0.2) is 10.6 Å². The largest absolute Gasteiger partial charge is 0.386 e. The molecule has 0 saturated carbocycles. The van der Waals surface area contributed by atoms with Crippen molar-refractivity contribution in [3.63, 3.8) is 0 Å². The Balaban J connectivity index is 1.62. The van der Waals surface area contributed by atoms with Crippen LogP contribution >= 0.6 is 12.2 Å². The molecule has 0 aliphatic carbocycles. The molecule has 3 aromatic rings. The molecule has 2 aromatic carbocycles. The minimum absolute atomic E-state index is 0.174. The Morgan fingerprint density at radius 2 is 1.90 bits per heavy atom. The average Bonchev–Trinajstić information content (AvgIpc) is 3.07. The number of rotatable bonds is 7. The molecule has 1 aromatic heterocycles. The Kier molecular flexibility index (Phi) is 6.56. The van der Waals surface area contributed by atoms with Crippen molar-refractivity contribution in [3.8, 4) is 11.4 Å². The number of aliphatic hydroxyl groups excluding tert-OH is 1. The smallest absolute Gasteiger partial charge is 0.222 e. The first-order valence-electron chi connectivity index (χ1n) is 9.30. The summed E-state index contributed by atoms with van der Waals surface area (Å²) in [5.41, 5.74) is 2.59. The van der Waals surface area contributed by atoms with Crippen LogP contribution in [0.15, 0.2) is 48.5 Å². The second kappa shape index (κ2) is 9.11. The maximum absolute atomic E-state index is 13.0. The lowest BCUT2D eigenvalue weighted by atomic mass is 10.0. The fourth-order valence-electron chi connectivity index (χ4n) is 3.02. The first-order valence-corrected chi connectivity index (χ1v) is 9.71. The van der Waals surface area contributed by atoms with Crippen LogP contribution in [0.5, 0.6) is 0 Å². The van der Waals surface area contributed by atoms with Gasteiger partial charge in [0.05, 0.1) is 12.1 Å². The van der Waals surface area contributed by atoms with E-state index in [2.05, 4.69) is 15.5 Å². The molecule has 0 fully saturated rings. The Labute approximate surface area is 173 Å². The van der Waals surface area contributed by atoms with E-state index in [-0.39, 0.29) is 18.1 Å². The normalized spacial score (nSPS) is 13.1. The number of aromatic nitrogens is 3. The summed E-state index contributed by atoms with van der Waals surface area (Å²) in [7, 11) is 0.